The van der Waals surface area contributed by atoms with Crippen molar-refractivity contribution in [2.75, 3.05) is 5.32 Å². The van der Waals surface area contributed by atoms with Crippen LogP contribution in [-0.2, 0) is 13.0 Å². The Labute approximate surface area is 154 Å². The maximum atomic E-state index is 12.6. The minimum absolute atomic E-state index is 0.115. The fraction of sp³-hybridized carbons (Fsp3) is 0.150. The van der Waals surface area contributed by atoms with Gasteiger partial charge in [0.1, 0.15) is 5.82 Å². The van der Waals surface area contributed by atoms with Gasteiger partial charge in [0.05, 0.1) is 27.6 Å². The van der Waals surface area contributed by atoms with Crippen molar-refractivity contribution in [3.8, 4) is 11.3 Å². The van der Waals surface area contributed by atoms with E-state index in [9.17, 15) is 4.79 Å². The maximum absolute atomic E-state index is 12.6. The second-order valence-electron chi connectivity index (χ2n) is 6.38. The first-order chi connectivity index (χ1) is 12.8. The van der Waals surface area contributed by atoms with Crippen LogP contribution in [-0.4, -0.2) is 20.4 Å². The Morgan fingerprint density at radius 3 is 3.08 bits per heavy atom. The molecule has 0 spiro atoms. The number of imidazole rings is 1. The molecule has 0 fully saturated rings. The molecule has 2 aromatic heterocycles. The molecule has 5 nitrogen and oxygen atoms in total. The molecule has 0 radical (unpaired) electrons. The summed E-state index contributed by atoms with van der Waals surface area (Å²) >= 11 is 1.54. The number of anilines is 1. The average Bonchev–Trinajstić information content (AvgIpc) is 3.37. The van der Waals surface area contributed by atoms with Crippen molar-refractivity contribution in [3.63, 3.8) is 0 Å². The molecule has 2 aromatic carbocycles. The second kappa shape index (κ2) is 6.07. The highest BCUT2D eigenvalue weighted by Crippen LogP contribution is 2.27. The highest BCUT2D eigenvalue weighted by atomic mass is 32.1. The summed E-state index contributed by atoms with van der Waals surface area (Å²) in [6.07, 6.45) is 4.11. The van der Waals surface area contributed by atoms with E-state index in [1.807, 2.05) is 42.6 Å². The number of aromatic nitrogens is 3. The second-order valence-corrected chi connectivity index (χ2v) is 7.27. The Hall–Kier alpha value is -2.99. The van der Waals surface area contributed by atoms with Gasteiger partial charge in [0.25, 0.3) is 5.91 Å². The molecule has 0 saturated carbocycles. The molecule has 1 aliphatic heterocycles. The molecule has 1 aliphatic rings. The highest BCUT2D eigenvalue weighted by Gasteiger charge is 2.17. The molecular formula is C20H16N4OS. The third-order valence-corrected chi connectivity index (χ3v) is 5.52. The van der Waals surface area contributed by atoms with E-state index in [4.69, 9.17) is 0 Å². The van der Waals surface area contributed by atoms with Gasteiger partial charge in [0, 0.05) is 29.8 Å². The summed E-state index contributed by atoms with van der Waals surface area (Å²) in [5, 5.41) is 3.00. The Bertz CT molecular complexity index is 1130. The van der Waals surface area contributed by atoms with Crippen molar-refractivity contribution >= 4 is 33.1 Å². The third kappa shape index (κ3) is 2.59. The first kappa shape index (κ1) is 15.3. The fourth-order valence-electron chi connectivity index (χ4n) is 3.44. The Kier molecular flexibility index (Phi) is 3.57. The first-order valence-electron chi connectivity index (χ1n) is 8.57. The number of fused-ring (bicyclic) bond motifs is 2. The molecule has 0 aliphatic carbocycles. The molecule has 0 unspecified atom stereocenters. The van der Waals surface area contributed by atoms with Crippen molar-refractivity contribution in [2.24, 2.45) is 0 Å². The number of benzene rings is 2. The number of hydrogen-bond acceptors (Lipinski definition) is 4. The zero-order valence-electron chi connectivity index (χ0n) is 14.0. The number of nitrogens with one attached hydrogen (secondary N) is 1. The normalized spacial score (nSPS) is 13.1. The summed E-state index contributed by atoms with van der Waals surface area (Å²) in [6, 6.07) is 13.5. The van der Waals surface area contributed by atoms with E-state index in [1.165, 1.54) is 11.3 Å². The average molecular weight is 360 g/mol. The van der Waals surface area contributed by atoms with Crippen molar-refractivity contribution in [3.05, 3.63) is 65.6 Å². The zero-order chi connectivity index (χ0) is 17.5. The van der Waals surface area contributed by atoms with Crippen molar-refractivity contribution < 1.29 is 4.79 Å². The van der Waals surface area contributed by atoms with Gasteiger partial charge in [-0.05, 0) is 36.8 Å². The van der Waals surface area contributed by atoms with Crippen LogP contribution in [0.15, 0.2) is 54.2 Å². The molecule has 3 heterocycles. The predicted octanol–water partition coefficient (Wildman–Crippen LogP) is 4.36. The predicted molar refractivity (Wildman–Crippen MR) is 104 cm³/mol. The van der Waals surface area contributed by atoms with Gasteiger partial charge in [-0.25, -0.2) is 9.97 Å². The number of hydrogen-bond donors (Lipinski definition) is 1. The van der Waals surface area contributed by atoms with Crippen molar-refractivity contribution in [1.29, 1.82) is 0 Å². The number of amides is 1. The number of nitrogens with zero attached hydrogens (tertiary/aromatic N) is 3. The number of carbonyl (C=O) groups excluding carboxylic acids is 1. The lowest BCUT2D eigenvalue weighted by Gasteiger charge is -2.09. The van der Waals surface area contributed by atoms with Gasteiger partial charge < -0.3 is 9.88 Å². The van der Waals surface area contributed by atoms with Gasteiger partial charge >= 0.3 is 0 Å². The van der Waals surface area contributed by atoms with Crippen LogP contribution in [0.2, 0.25) is 0 Å². The molecule has 1 N–H and O–H groups in total. The summed E-state index contributed by atoms with van der Waals surface area (Å²) < 4.78 is 3.28. The largest absolute Gasteiger partial charge is 0.328 e. The Morgan fingerprint density at radius 2 is 2.12 bits per heavy atom. The van der Waals surface area contributed by atoms with Crippen LogP contribution < -0.4 is 5.32 Å². The van der Waals surface area contributed by atoms with Crippen LogP contribution in [0.1, 0.15) is 22.6 Å². The number of carbonyl (C=O) groups is 1. The van der Waals surface area contributed by atoms with Gasteiger partial charge in [-0.15, -0.1) is 11.3 Å². The maximum Gasteiger partial charge on any atom is 0.255 e. The summed E-state index contributed by atoms with van der Waals surface area (Å²) in [5.74, 6) is 1.03. The molecule has 26 heavy (non-hydrogen) atoms. The SMILES string of the molecule is O=C(Nc1cccc(-c2cnc3n2CCC3)c1)c1ccc2ncsc2c1. The van der Waals surface area contributed by atoms with Crippen LogP contribution in [0, 0.1) is 0 Å². The van der Waals surface area contributed by atoms with E-state index in [0.717, 1.165) is 52.4 Å². The molecule has 128 valence electrons. The van der Waals surface area contributed by atoms with E-state index in [-0.39, 0.29) is 5.91 Å². The summed E-state index contributed by atoms with van der Waals surface area (Å²) in [5.41, 5.74) is 6.31. The molecule has 1 amide bonds. The standard InChI is InChI=1S/C20H16N4OS/c25-20(14-6-7-16-18(10-14)26-12-22-16)23-15-4-1-3-13(9-15)17-11-21-19-5-2-8-24(17)19/h1,3-4,6-7,9-12H,2,5,8H2,(H,23,25). The van der Waals surface area contributed by atoms with E-state index in [0.29, 0.717) is 5.56 Å². The van der Waals surface area contributed by atoms with E-state index < -0.39 is 0 Å². The number of rotatable bonds is 3. The number of aryl methyl sites for hydroxylation is 1. The van der Waals surface area contributed by atoms with Gasteiger partial charge in [0.2, 0.25) is 0 Å². The lowest BCUT2D eigenvalue weighted by atomic mass is 10.1. The minimum atomic E-state index is -0.115. The molecule has 0 saturated heterocycles. The first-order valence-corrected chi connectivity index (χ1v) is 9.45. The Balaban J connectivity index is 1.42. The molecule has 6 heteroatoms. The molecule has 4 aromatic rings. The highest BCUT2D eigenvalue weighted by molar-refractivity contribution is 7.16. The fourth-order valence-corrected chi connectivity index (χ4v) is 4.16. The summed E-state index contributed by atoms with van der Waals surface area (Å²) in [4.78, 5) is 21.4. The van der Waals surface area contributed by atoms with Crippen LogP contribution in [0.4, 0.5) is 5.69 Å². The van der Waals surface area contributed by atoms with Crippen LogP contribution in [0.5, 0.6) is 0 Å². The van der Waals surface area contributed by atoms with Gasteiger partial charge in [0.15, 0.2) is 0 Å². The number of thiazole rings is 1. The van der Waals surface area contributed by atoms with Gasteiger partial charge in [-0.2, -0.15) is 0 Å². The smallest absolute Gasteiger partial charge is 0.255 e. The quantitative estimate of drug-likeness (QED) is 0.590. The van der Waals surface area contributed by atoms with E-state index in [1.54, 1.807) is 5.51 Å². The third-order valence-electron chi connectivity index (χ3n) is 4.73. The van der Waals surface area contributed by atoms with Crippen molar-refractivity contribution in [1.82, 2.24) is 14.5 Å². The van der Waals surface area contributed by atoms with Crippen molar-refractivity contribution in [2.45, 2.75) is 19.4 Å². The summed E-state index contributed by atoms with van der Waals surface area (Å²) in [6.45, 7) is 1.01. The van der Waals surface area contributed by atoms with Crippen LogP contribution >= 0.6 is 11.3 Å². The molecule has 0 bridgehead atoms. The zero-order valence-corrected chi connectivity index (χ0v) is 14.8. The van der Waals surface area contributed by atoms with Crippen LogP contribution in [0.25, 0.3) is 21.5 Å². The van der Waals surface area contributed by atoms with E-state index in [2.05, 4.69) is 25.9 Å². The van der Waals surface area contributed by atoms with E-state index >= 15 is 0 Å². The molecule has 0 atom stereocenters. The monoisotopic (exact) mass is 360 g/mol. The minimum Gasteiger partial charge on any atom is -0.328 e. The van der Waals surface area contributed by atoms with Gasteiger partial charge in [-0.1, -0.05) is 12.1 Å². The Morgan fingerprint density at radius 1 is 1.15 bits per heavy atom. The lowest BCUT2D eigenvalue weighted by molar-refractivity contribution is 0.102. The lowest BCUT2D eigenvalue weighted by Crippen LogP contribution is -2.11. The van der Waals surface area contributed by atoms with Crippen LogP contribution in [0.3, 0.4) is 0 Å². The van der Waals surface area contributed by atoms with Gasteiger partial charge in [-0.3, -0.25) is 4.79 Å². The topological polar surface area (TPSA) is 59.8 Å². The molecule has 5 rings (SSSR count). The summed E-state index contributed by atoms with van der Waals surface area (Å²) in [7, 11) is 0. The molecular weight excluding hydrogens is 344 g/mol.